The summed E-state index contributed by atoms with van der Waals surface area (Å²) in [5.74, 6) is -2.15. The third-order valence-electron chi connectivity index (χ3n) is 6.49. The molecule has 2 aromatic carbocycles. The van der Waals surface area contributed by atoms with Gasteiger partial charge in [0.15, 0.2) is 0 Å². The molecule has 1 saturated heterocycles. The molecule has 4 heterocycles. The molecule has 1 amide bonds. The van der Waals surface area contributed by atoms with Crippen LogP contribution >= 0.6 is 0 Å². The smallest absolute Gasteiger partial charge is 0.255 e. The number of amides is 1. The van der Waals surface area contributed by atoms with Gasteiger partial charge in [-0.05, 0) is 41.5 Å². The number of ether oxygens (including phenoxy) is 1. The number of benzene rings is 2. The van der Waals surface area contributed by atoms with Gasteiger partial charge in [-0.25, -0.2) is 8.78 Å². The van der Waals surface area contributed by atoms with Gasteiger partial charge in [0, 0.05) is 22.5 Å². The number of pyridine rings is 1. The maximum atomic E-state index is 15.2. The van der Waals surface area contributed by atoms with Gasteiger partial charge in [-0.15, -0.1) is 0 Å². The third kappa shape index (κ3) is 3.01. The van der Waals surface area contributed by atoms with E-state index in [9.17, 15) is 4.79 Å². The van der Waals surface area contributed by atoms with Crippen molar-refractivity contribution in [1.29, 1.82) is 0 Å². The molecule has 2 aromatic heterocycles. The Bertz CT molecular complexity index is 1450. The predicted molar refractivity (Wildman–Crippen MR) is 122 cm³/mol. The number of hydrogen-bond acceptors (Lipinski definition) is 4. The van der Waals surface area contributed by atoms with Gasteiger partial charge in [0.25, 0.3) is 5.91 Å². The van der Waals surface area contributed by atoms with Crippen molar-refractivity contribution in [1.82, 2.24) is 19.7 Å². The molecule has 6 rings (SSSR count). The van der Waals surface area contributed by atoms with Crippen molar-refractivity contribution in [2.75, 3.05) is 13.2 Å². The lowest BCUT2D eigenvalue weighted by Gasteiger charge is -2.33. The zero-order valence-electron chi connectivity index (χ0n) is 17.9. The van der Waals surface area contributed by atoms with Gasteiger partial charge in [0.05, 0.1) is 64.5 Å². The second kappa shape index (κ2) is 7.50. The summed E-state index contributed by atoms with van der Waals surface area (Å²) in [5.41, 5.74) is 1.94. The molecule has 0 atom stereocenters. The molecule has 2 aliphatic rings. The molecule has 0 N–H and O–H groups in total. The molecule has 0 unspecified atom stereocenters. The van der Waals surface area contributed by atoms with E-state index in [1.165, 1.54) is 24.4 Å². The highest BCUT2D eigenvalue weighted by Gasteiger charge is 2.43. The fourth-order valence-electron chi connectivity index (χ4n) is 4.59. The Morgan fingerprint density at radius 1 is 1.09 bits per heavy atom. The second-order valence-electron chi connectivity index (χ2n) is 8.55. The van der Waals surface area contributed by atoms with Crippen molar-refractivity contribution >= 4 is 32.5 Å². The van der Waals surface area contributed by atoms with Crippen LogP contribution < -0.4 is 0 Å². The second-order valence-corrected chi connectivity index (χ2v) is 8.55. The summed E-state index contributed by atoms with van der Waals surface area (Å²) in [6.45, 7) is 0.721. The molecule has 1 fully saturated rings. The van der Waals surface area contributed by atoms with Crippen LogP contribution in [0, 0.1) is 11.6 Å². The maximum absolute atomic E-state index is 15.2. The zero-order chi connectivity index (χ0) is 23.6. The molecule has 6 nitrogen and oxygen atoms in total. The van der Waals surface area contributed by atoms with E-state index in [1.807, 2.05) is 16.8 Å². The van der Waals surface area contributed by atoms with Crippen LogP contribution in [0.25, 0.3) is 22.0 Å². The van der Waals surface area contributed by atoms with Crippen LogP contribution in [0.4, 0.5) is 8.78 Å². The van der Waals surface area contributed by atoms with Gasteiger partial charge in [-0.2, -0.15) is 5.10 Å². The molecular weight excluding hydrogens is 436 g/mol. The van der Waals surface area contributed by atoms with Crippen LogP contribution in [0.1, 0.15) is 27.7 Å². The van der Waals surface area contributed by atoms with Crippen LogP contribution in [0.5, 0.6) is 0 Å². The van der Waals surface area contributed by atoms with E-state index in [1.54, 1.807) is 18.3 Å². The summed E-state index contributed by atoms with van der Waals surface area (Å²) < 4.78 is 37.6. The molecule has 4 radical (unpaired) electrons. The number of rotatable bonds is 4. The molecule has 10 heteroatoms. The number of hydrogen-bond donors (Lipinski definition) is 0. The summed E-state index contributed by atoms with van der Waals surface area (Å²) in [7, 11) is 12.3. The van der Waals surface area contributed by atoms with E-state index >= 15 is 8.78 Å². The highest BCUT2D eigenvalue weighted by Crippen LogP contribution is 2.37. The third-order valence-corrected chi connectivity index (χ3v) is 6.49. The van der Waals surface area contributed by atoms with Gasteiger partial charge < -0.3 is 9.64 Å². The average molecular weight is 452 g/mol. The lowest BCUT2D eigenvalue weighted by Crippen LogP contribution is -2.45. The van der Waals surface area contributed by atoms with Gasteiger partial charge in [0.1, 0.15) is 11.6 Å². The van der Waals surface area contributed by atoms with E-state index in [-0.39, 0.29) is 22.9 Å². The quantitative estimate of drug-likeness (QED) is 0.447. The van der Waals surface area contributed by atoms with Crippen molar-refractivity contribution in [2.24, 2.45) is 0 Å². The van der Waals surface area contributed by atoms with Crippen LogP contribution in [0.3, 0.4) is 0 Å². The standard InChI is InChI=1S/C24H16B2F2N4O2/c25-24(26)22-16(4-2-6-29-22)23(33)31(24)10-18-19(27)7-13(8-20(18)28)15-3-1-5-21-17(15)9-30-32(21)14-11-34-12-14/h1-9,14H,10-12H2. The first-order valence-electron chi connectivity index (χ1n) is 10.7. The molecule has 2 aliphatic heterocycles. The van der Waals surface area contributed by atoms with Crippen molar-refractivity contribution in [3.8, 4) is 11.1 Å². The largest absolute Gasteiger partial charge is 0.377 e. The first-order chi connectivity index (χ1) is 16.4. The highest BCUT2D eigenvalue weighted by atomic mass is 19.1. The Morgan fingerprint density at radius 3 is 2.50 bits per heavy atom. The Balaban J connectivity index is 1.37. The van der Waals surface area contributed by atoms with Crippen molar-refractivity contribution in [3.05, 3.63) is 83.3 Å². The zero-order valence-corrected chi connectivity index (χ0v) is 17.9. The Morgan fingerprint density at radius 2 is 1.82 bits per heavy atom. The van der Waals surface area contributed by atoms with Crippen molar-refractivity contribution in [2.45, 2.75) is 17.9 Å². The van der Waals surface area contributed by atoms with Gasteiger partial charge in [-0.3, -0.25) is 14.5 Å². The number of carbonyl (C=O) groups is 1. The minimum atomic E-state index is -1.78. The van der Waals surface area contributed by atoms with Crippen LogP contribution in [-0.4, -0.2) is 54.5 Å². The molecular formula is C24H16B2F2N4O2. The van der Waals surface area contributed by atoms with Crippen LogP contribution in [0.2, 0.25) is 0 Å². The average Bonchev–Trinajstić information content (AvgIpc) is 3.28. The number of carbonyl (C=O) groups excluding carboxylic acids is 1. The van der Waals surface area contributed by atoms with Crippen LogP contribution in [-0.2, 0) is 16.6 Å². The summed E-state index contributed by atoms with van der Waals surface area (Å²) >= 11 is 0. The van der Waals surface area contributed by atoms with Gasteiger partial charge in [-0.1, -0.05) is 12.1 Å². The van der Waals surface area contributed by atoms with Crippen molar-refractivity contribution in [3.63, 3.8) is 0 Å². The SMILES string of the molecule is [B]C1([B])c2ncccc2C(=O)N1Cc1c(F)cc(-c2cccc3c2cnn3C2COC2)cc1F. The van der Waals surface area contributed by atoms with Crippen molar-refractivity contribution < 1.29 is 18.3 Å². The molecule has 34 heavy (non-hydrogen) atoms. The van der Waals surface area contributed by atoms with E-state index < -0.39 is 29.4 Å². The summed E-state index contributed by atoms with van der Waals surface area (Å²) in [4.78, 5) is 17.9. The summed E-state index contributed by atoms with van der Waals surface area (Å²) in [6, 6.07) is 11.3. The number of fused-ring (bicyclic) bond motifs is 2. The minimum Gasteiger partial charge on any atom is -0.377 e. The number of halogens is 2. The van der Waals surface area contributed by atoms with E-state index in [0.29, 0.717) is 24.3 Å². The minimum absolute atomic E-state index is 0.146. The monoisotopic (exact) mass is 452 g/mol. The molecule has 0 bridgehead atoms. The fraction of sp³-hybridized carbons (Fsp3) is 0.208. The first-order valence-corrected chi connectivity index (χ1v) is 10.7. The number of aromatic nitrogens is 3. The Kier molecular flexibility index (Phi) is 4.64. The topological polar surface area (TPSA) is 60.2 Å². The molecule has 0 spiro atoms. The molecule has 164 valence electrons. The van der Waals surface area contributed by atoms with E-state index in [0.717, 1.165) is 15.8 Å². The molecule has 0 aliphatic carbocycles. The summed E-state index contributed by atoms with van der Waals surface area (Å²) in [5, 5.41) is 3.45. The Hall–Kier alpha value is -3.52. The van der Waals surface area contributed by atoms with Gasteiger partial charge >= 0.3 is 0 Å². The lowest BCUT2D eigenvalue weighted by molar-refractivity contribution is -0.0266. The molecule has 4 aromatic rings. The first kappa shape index (κ1) is 21.0. The molecule has 0 saturated carbocycles. The predicted octanol–water partition coefficient (Wildman–Crippen LogP) is 3.05. The maximum Gasteiger partial charge on any atom is 0.255 e. The van der Waals surface area contributed by atoms with E-state index in [4.69, 9.17) is 20.4 Å². The van der Waals surface area contributed by atoms with Crippen LogP contribution in [0.15, 0.2) is 54.9 Å². The highest BCUT2D eigenvalue weighted by molar-refractivity contribution is 6.42. The van der Waals surface area contributed by atoms with Gasteiger partial charge in [0.2, 0.25) is 0 Å². The Labute approximate surface area is 196 Å². The normalized spacial score (nSPS) is 17.2. The number of nitrogens with zero attached hydrogens (tertiary/aromatic N) is 4. The fourth-order valence-corrected chi connectivity index (χ4v) is 4.59. The van der Waals surface area contributed by atoms with E-state index in [2.05, 4.69) is 10.1 Å². The summed E-state index contributed by atoms with van der Waals surface area (Å²) in [6.07, 6.45) is 3.15. The lowest BCUT2D eigenvalue weighted by atomic mass is 9.59.